The Morgan fingerprint density at radius 1 is 0.970 bits per heavy atom. The first-order valence-corrected chi connectivity index (χ1v) is 11.9. The zero-order valence-corrected chi connectivity index (χ0v) is 20.7. The van der Waals surface area contributed by atoms with E-state index in [1.165, 1.54) is 16.2 Å². The van der Waals surface area contributed by atoms with Crippen LogP contribution in [0.15, 0.2) is 59.5 Å². The first kappa shape index (κ1) is 23.0. The fourth-order valence-electron chi connectivity index (χ4n) is 4.28. The summed E-state index contributed by atoms with van der Waals surface area (Å²) in [5, 5.41) is 13.5. The van der Waals surface area contributed by atoms with Gasteiger partial charge in [0.2, 0.25) is 0 Å². The predicted octanol–water partition coefficient (Wildman–Crippen LogP) is 6.60. The van der Waals surface area contributed by atoms with Gasteiger partial charge in [-0.3, -0.25) is 14.5 Å². The number of aliphatic hydroxyl groups is 1. The molecule has 1 amide bonds. The van der Waals surface area contributed by atoms with E-state index >= 15 is 0 Å². The van der Waals surface area contributed by atoms with Crippen molar-refractivity contribution < 1.29 is 14.7 Å². The average Bonchev–Trinajstić information content (AvgIpc) is 3.27. The zero-order chi connectivity index (χ0) is 24.1. The molecule has 0 bridgehead atoms. The van der Waals surface area contributed by atoms with Crippen LogP contribution in [-0.4, -0.2) is 16.8 Å². The molecule has 0 saturated carbocycles. The van der Waals surface area contributed by atoms with E-state index in [2.05, 4.69) is 20.8 Å². The molecule has 1 aromatic heterocycles. The highest BCUT2D eigenvalue weighted by Crippen LogP contribution is 2.45. The maximum absolute atomic E-state index is 13.4. The van der Waals surface area contributed by atoms with Gasteiger partial charge in [0.25, 0.3) is 11.7 Å². The first-order chi connectivity index (χ1) is 15.5. The van der Waals surface area contributed by atoms with Gasteiger partial charge < -0.3 is 5.11 Å². The molecular formula is C28H29NO3S. The smallest absolute Gasteiger partial charge is 0.300 e. The van der Waals surface area contributed by atoms with Gasteiger partial charge in [-0.2, -0.15) is 0 Å². The fourth-order valence-corrected chi connectivity index (χ4v) is 5.30. The number of hydrogen-bond donors (Lipinski definition) is 1. The van der Waals surface area contributed by atoms with E-state index in [-0.39, 0.29) is 16.7 Å². The Morgan fingerprint density at radius 2 is 1.70 bits per heavy atom. The molecule has 5 heteroatoms. The lowest BCUT2D eigenvalue weighted by atomic mass is 9.84. The van der Waals surface area contributed by atoms with Gasteiger partial charge in [0, 0.05) is 16.1 Å². The highest BCUT2D eigenvalue weighted by atomic mass is 32.1. The second-order valence-corrected chi connectivity index (χ2v) is 10.7. The van der Waals surface area contributed by atoms with Crippen molar-refractivity contribution in [1.29, 1.82) is 0 Å². The summed E-state index contributed by atoms with van der Waals surface area (Å²) in [6.07, 6.45) is 0. The molecule has 4 nitrogen and oxygen atoms in total. The number of hydrogen-bond acceptors (Lipinski definition) is 4. The van der Waals surface area contributed by atoms with Crippen molar-refractivity contribution in [3.63, 3.8) is 0 Å². The van der Waals surface area contributed by atoms with Crippen LogP contribution < -0.4 is 4.90 Å². The minimum atomic E-state index is -0.676. The van der Waals surface area contributed by atoms with Crippen LogP contribution in [0.1, 0.15) is 59.5 Å². The van der Waals surface area contributed by atoms with Gasteiger partial charge in [0.1, 0.15) is 11.8 Å². The lowest BCUT2D eigenvalue weighted by Crippen LogP contribution is -2.29. The summed E-state index contributed by atoms with van der Waals surface area (Å²) in [7, 11) is 0. The average molecular weight is 460 g/mol. The SMILES string of the molecule is Cc1cccc(N2C(=O)C(=O)/C(=C(/O)c3cc(C(C)(C)C)ccc3C)C2c2sccc2C)c1. The molecule has 1 atom stereocenters. The number of carbonyl (C=O) groups excluding carboxylic acids is 2. The Balaban J connectivity index is 1.99. The fraction of sp³-hybridized carbons (Fsp3) is 0.286. The number of nitrogens with zero attached hydrogens (tertiary/aromatic N) is 1. The lowest BCUT2D eigenvalue weighted by Gasteiger charge is -2.26. The van der Waals surface area contributed by atoms with Gasteiger partial charge in [0.05, 0.1) is 5.57 Å². The minimum absolute atomic E-state index is 0.120. The van der Waals surface area contributed by atoms with Crippen LogP contribution >= 0.6 is 11.3 Å². The van der Waals surface area contributed by atoms with Crippen LogP contribution in [-0.2, 0) is 15.0 Å². The van der Waals surface area contributed by atoms with Crippen molar-refractivity contribution in [3.8, 4) is 0 Å². The number of Topliss-reactive ketones (excluding diaryl/α,β-unsaturated/α-hetero) is 1. The second kappa shape index (κ2) is 8.31. The molecule has 1 saturated heterocycles. The number of rotatable bonds is 3. The monoisotopic (exact) mass is 459 g/mol. The number of anilines is 1. The number of aliphatic hydroxyl groups excluding tert-OH is 1. The molecule has 2 heterocycles. The van der Waals surface area contributed by atoms with Crippen molar-refractivity contribution in [2.75, 3.05) is 4.90 Å². The number of amides is 1. The van der Waals surface area contributed by atoms with Gasteiger partial charge >= 0.3 is 0 Å². The van der Waals surface area contributed by atoms with Gasteiger partial charge in [-0.15, -0.1) is 11.3 Å². The third-order valence-corrected chi connectivity index (χ3v) is 7.30. The summed E-state index contributed by atoms with van der Waals surface area (Å²) in [5.41, 5.74) is 5.12. The quantitative estimate of drug-likeness (QED) is 0.273. The third kappa shape index (κ3) is 4.02. The first-order valence-electron chi connectivity index (χ1n) is 11.0. The summed E-state index contributed by atoms with van der Waals surface area (Å²) in [6, 6.07) is 14.8. The van der Waals surface area contributed by atoms with Crippen LogP contribution in [0, 0.1) is 20.8 Å². The van der Waals surface area contributed by atoms with Crippen LogP contribution in [0.5, 0.6) is 0 Å². The molecule has 1 fully saturated rings. The molecule has 1 aliphatic heterocycles. The van der Waals surface area contributed by atoms with E-state index in [1.807, 2.05) is 74.7 Å². The van der Waals surface area contributed by atoms with Gasteiger partial charge in [-0.25, -0.2) is 0 Å². The van der Waals surface area contributed by atoms with E-state index in [9.17, 15) is 14.7 Å². The Bertz CT molecular complexity index is 1290. The summed E-state index contributed by atoms with van der Waals surface area (Å²) in [4.78, 5) is 29.1. The van der Waals surface area contributed by atoms with Crippen LogP contribution in [0.4, 0.5) is 5.69 Å². The predicted molar refractivity (Wildman–Crippen MR) is 135 cm³/mol. The Morgan fingerprint density at radius 3 is 2.30 bits per heavy atom. The maximum atomic E-state index is 13.4. The van der Waals surface area contributed by atoms with Crippen LogP contribution in [0.2, 0.25) is 0 Å². The van der Waals surface area contributed by atoms with E-state index in [0.717, 1.165) is 27.1 Å². The van der Waals surface area contributed by atoms with Gasteiger partial charge in [-0.05, 0) is 78.1 Å². The van der Waals surface area contributed by atoms with Crippen molar-refractivity contribution in [3.05, 3.63) is 92.2 Å². The van der Waals surface area contributed by atoms with Crippen molar-refractivity contribution in [2.24, 2.45) is 0 Å². The van der Waals surface area contributed by atoms with Gasteiger partial charge in [0.15, 0.2) is 0 Å². The van der Waals surface area contributed by atoms with E-state index in [0.29, 0.717) is 11.3 Å². The molecule has 170 valence electrons. The molecule has 0 aliphatic carbocycles. The molecule has 0 radical (unpaired) electrons. The Kier molecular flexibility index (Phi) is 5.79. The highest BCUT2D eigenvalue weighted by Gasteiger charge is 2.48. The number of aryl methyl sites for hydroxylation is 3. The highest BCUT2D eigenvalue weighted by molar-refractivity contribution is 7.10. The Labute approximate surface area is 199 Å². The lowest BCUT2D eigenvalue weighted by molar-refractivity contribution is -0.132. The molecule has 4 rings (SSSR count). The number of ketones is 1. The van der Waals surface area contributed by atoms with Crippen molar-refractivity contribution in [1.82, 2.24) is 0 Å². The minimum Gasteiger partial charge on any atom is -0.507 e. The summed E-state index contributed by atoms with van der Waals surface area (Å²) in [6.45, 7) is 12.1. The zero-order valence-electron chi connectivity index (χ0n) is 19.9. The van der Waals surface area contributed by atoms with E-state index < -0.39 is 17.7 Å². The molecular weight excluding hydrogens is 430 g/mol. The van der Waals surface area contributed by atoms with E-state index in [1.54, 1.807) is 0 Å². The van der Waals surface area contributed by atoms with Crippen molar-refractivity contribution >= 4 is 34.5 Å². The third-order valence-electron chi connectivity index (χ3n) is 6.23. The van der Waals surface area contributed by atoms with Crippen LogP contribution in [0.25, 0.3) is 5.76 Å². The normalized spacial score (nSPS) is 18.2. The molecule has 33 heavy (non-hydrogen) atoms. The summed E-state index contributed by atoms with van der Waals surface area (Å²) >= 11 is 1.49. The number of carbonyl (C=O) groups is 2. The molecule has 0 spiro atoms. The maximum Gasteiger partial charge on any atom is 0.300 e. The standard InChI is InChI=1S/C28H29NO3S/c1-16-8-7-9-20(14-16)29-23(26-18(3)12-13-33-26)22(25(31)27(29)32)24(30)21-15-19(28(4,5)6)11-10-17(21)2/h7-15,23,30H,1-6H3/b24-22+. The molecule has 3 aromatic rings. The van der Waals surface area contributed by atoms with Crippen LogP contribution in [0.3, 0.4) is 0 Å². The van der Waals surface area contributed by atoms with Crippen molar-refractivity contribution in [2.45, 2.75) is 53.0 Å². The van der Waals surface area contributed by atoms with E-state index in [4.69, 9.17) is 0 Å². The molecule has 1 N–H and O–H groups in total. The van der Waals surface area contributed by atoms with Gasteiger partial charge in [-0.1, -0.05) is 45.0 Å². The summed E-state index contributed by atoms with van der Waals surface area (Å²) < 4.78 is 0. The molecule has 2 aromatic carbocycles. The second-order valence-electron chi connectivity index (χ2n) is 9.76. The molecule has 1 aliphatic rings. The summed E-state index contributed by atoms with van der Waals surface area (Å²) in [5.74, 6) is -1.40. The number of benzene rings is 2. The Hall–Kier alpha value is -3.18. The largest absolute Gasteiger partial charge is 0.507 e. The molecule has 1 unspecified atom stereocenters. The topological polar surface area (TPSA) is 57.6 Å². The number of thiophene rings is 1.